The van der Waals surface area contributed by atoms with Gasteiger partial charge in [0.05, 0.1) is 41.0 Å². The summed E-state index contributed by atoms with van der Waals surface area (Å²) in [7, 11) is 0. The third kappa shape index (κ3) is 5.66. The monoisotopic (exact) mass is 656 g/mol. The predicted octanol–water partition coefficient (Wildman–Crippen LogP) is 2.74. The summed E-state index contributed by atoms with van der Waals surface area (Å²) in [5.41, 5.74) is 1.52. The van der Waals surface area contributed by atoms with Gasteiger partial charge >= 0.3 is 0 Å². The van der Waals surface area contributed by atoms with E-state index in [4.69, 9.17) is 0 Å². The number of benzene rings is 2. The Morgan fingerprint density at radius 3 is 2.29 bits per heavy atom. The second kappa shape index (κ2) is 12.6. The van der Waals surface area contributed by atoms with Gasteiger partial charge in [0, 0.05) is 45.3 Å². The van der Waals surface area contributed by atoms with E-state index < -0.39 is 54.1 Å². The van der Waals surface area contributed by atoms with Gasteiger partial charge in [0.25, 0.3) is 23.6 Å². The number of alkyl halides is 2. The Hall–Kier alpha value is -4.88. The molecule has 13 heteroatoms. The zero-order chi connectivity index (χ0) is 33.6. The third-order valence-corrected chi connectivity index (χ3v) is 9.79. The van der Waals surface area contributed by atoms with Crippen LogP contribution in [0.1, 0.15) is 67.6 Å². The van der Waals surface area contributed by atoms with Gasteiger partial charge in [-0.3, -0.25) is 49.0 Å². The number of amides is 5. The van der Waals surface area contributed by atoms with Gasteiger partial charge < -0.3 is 4.90 Å². The van der Waals surface area contributed by atoms with E-state index in [9.17, 15) is 24.0 Å². The summed E-state index contributed by atoms with van der Waals surface area (Å²) in [4.78, 5) is 75.0. The Balaban J connectivity index is 1.04. The van der Waals surface area contributed by atoms with Crippen LogP contribution in [0.4, 0.5) is 8.78 Å². The maximum Gasteiger partial charge on any atom is 0.280 e. The molecule has 0 saturated carbocycles. The maximum atomic E-state index is 15.9. The molecule has 0 bridgehead atoms. The van der Waals surface area contributed by atoms with Crippen LogP contribution in [0.5, 0.6) is 0 Å². The van der Waals surface area contributed by atoms with Gasteiger partial charge in [0.15, 0.2) is 0 Å². The molecule has 48 heavy (non-hydrogen) atoms. The largest absolute Gasteiger partial charge is 0.332 e. The standard InChI is InChI=1S/C35H34F2N6O5/c36-35(37)21-42(32(46)23-9-6-10-24-29(23)34(48)43(33(24)47)26-12-13-28(44)39-31(26)45)16-14-27(35)40-17-19-41(20-18-40)30(22-7-2-1-3-8-22)25-11-4-5-15-38-25/h1-11,15,26-27,30H,12-14,16-21H2,(H,39,44,45). The van der Waals surface area contributed by atoms with Crippen molar-refractivity contribution in [3.63, 3.8) is 0 Å². The highest BCUT2D eigenvalue weighted by atomic mass is 19.3. The first-order chi connectivity index (χ1) is 23.1. The van der Waals surface area contributed by atoms with Crippen molar-refractivity contribution in [3.05, 3.63) is 101 Å². The Bertz CT molecular complexity index is 1730. The molecule has 7 rings (SSSR count). The van der Waals surface area contributed by atoms with Crippen LogP contribution in [0, 0.1) is 0 Å². The number of piperazine rings is 1. The van der Waals surface area contributed by atoms with Crippen molar-refractivity contribution in [1.82, 2.24) is 29.9 Å². The van der Waals surface area contributed by atoms with Gasteiger partial charge in [-0.15, -0.1) is 0 Å². The molecule has 248 valence electrons. The number of nitrogens with one attached hydrogen (secondary N) is 1. The zero-order valence-electron chi connectivity index (χ0n) is 26.1. The lowest BCUT2D eigenvalue weighted by Gasteiger charge is -2.47. The van der Waals surface area contributed by atoms with Crippen molar-refractivity contribution in [2.24, 2.45) is 0 Å². The lowest BCUT2D eigenvalue weighted by atomic mass is 9.95. The lowest BCUT2D eigenvalue weighted by Crippen LogP contribution is -2.62. The molecular formula is C35H34F2N6O5. The normalized spacial score (nSPS) is 24.0. The molecule has 4 aliphatic rings. The van der Waals surface area contributed by atoms with Gasteiger partial charge in [-0.25, -0.2) is 8.78 Å². The highest BCUT2D eigenvalue weighted by Gasteiger charge is 2.51. The van der Waals surface area contributed by atoms with Crippen LogP contribution in [0.2, 0.25) is 0 Å². The molecule has 1 aromatic heterocycles. The van der Waals surface area contributed by atoms with E-state index >= 15 is 8.78 Å². The number of imide groups is 2. The number of piperidine rings is 2. The van der Waals surface area contributed by atoms with Gasteiger partial charge in [0.2, 0.25) is 11.8 Å². The van der Waals surface area contributed by atoms with Gasteiger partial charge in [-0.2, -0.15) is 0 Å². The molecule has 3 unspecified atom stereocenters. The van der Waals surface area contributed by atoms with Crippen molar-refractivity contribution in [2.75, 3.05) is 39.3 Å². The molecule has 5 heterocycles. The minimum Gasteiger partial charge on any atom is -0.332 e. The molecule has 3 saturated heterocycles. The second-order valence-corrected chi connectivity index (χ2v) is 12.6. The fourth-order valence-corrected chi connectivity index (χ4v) is 7.46. The van der Waals surface area contributed by atoms with Crippen molar-refractivity contribution in [1.29, 1.82) is 0 Å². The highest BCUT2D eigenvalue weighted by Crippen LogP contribution is 2.36. The fourth-order valence-electron chi connectivity index (χ4n) is 7.46. The zero-order valence-corrected chi connectivity index (χ0v) is 26.1. The number of likely N-dealkylation sites (tertiary alicyclic amines) is 1. The van der Waals surface area contributed by atoms with E-state index in [0.29, 0.717) is 26.2 Å². The minimum atomic E-state index is -3.23. The van der Waals surface area contributed by atoms with Crippen molar-refractivity contribution >= 4 is 29.5 Å². The van der Waals surface area contributed by atoms with Gasteiger partial charge in [-0.05, 0) is 42.7 Å². The number of pyridine rings is 1. The van der Waals surface area contributed by atoms with Crippen LogP contribution < -0.4 is 5.32 Å². The summed E-state index contributed by atoms with van der Waals surface area (Å²) in [6, 6.07) is 17.5. The van der Waals surface area contributed by atoms with Crippen LogP contribution in [0.3, 0.4) is 0 Å². The second-order valence-electron chi connectivity index (χ2n) is 12.6. The van der Waals surface area contributed by atoms with Crippen LogP contribution in [0.25, 0.3) is 0 Å². The summed E-state index contributed by atoms with van der Waals surface area (Å²) >= 11 is 0. The molecule has 3 aromatic rings. The molecule has 0 radical (unpaired) electrons. The van der Waals surface area contributed by atoms with Crippen LogP contribution in [-0.2, 0) is 9.59 Å². The number of rotatable bonds is 6. The van der Waals surface area contributed by atoms with E-state index in [1.165, 1.54) is 18.2 Å². The Morgan fingerprint density at radius 2 is 1.60 bits per heavy atom. The SMILES string of the molecule is O=C1CCC(N2C(=O)c3cccc(C(=O)N4CCC(N5CCN(C(c6ccccc6)c6ccccn6)CC5)C(F)(F)C4)c3C2=O)C(=O)N1. The quantitative estimate of drug-likeness (QED) is 0.402. The Labute approximate surface area is 275 Å². The van der Waals surface area contributed by atoms with Crippen molar-refractivity contribution < 1.29 is 32.8 Å². The summed E-state index contributed by atoms with van der Waals surface area (Å²) in [6.45, 7) is 1.16. The summed E-state index contributed by atoms with van der Waals surface area (Å²) in [5, 5.41) is 2.13. The van der Waals surface area contributed by atoms with Crippen molar-refractivity contribution in [2.45, 2.75) is 43.3 Å². The van der Waals surface area contributed by atoms with E-state index in [0.717, 1.165) is 21.1 Å². The molecule has 11 nitrogen and oxygen atoms in total. The van der Waals surface area contributed by atoms with E-state index in [1.807, 2.05) is 48.5 Å². The number of nitrogens with zero attached hydrogens (tertiary/aromatic N) is 5. The summed E-state index contributed by atoms with van der Waals surface area (Å²) in [6.07, 6.45) is 1.70. The topological polar surface area (TPSA) is 123 Å². The maximum absolute atomic E-state index is 15.9. The first kappa shape index (κ1) is 31.7. The fraction of sp³-hybridized carbons (Fsp3) is 0.371. The Morgan fingerprint density at radius 1 is 0.854 bits per heavy atom. The highest BCUT2D eigenvalue weighted by molar-refractivity contribution is 6.26. The van der Waals surface area contributed by atoms with Crippen LogP contribution in [0.15, 0.2) is 72.9 Å². The molecule has 5 amide bonds. The molecular weight excluding hydrogens is 622 g/mol. The first-order valence-electron chi connectivity index (χ1n) is 16.1. The smallest absolute Gasteiger partial charge is 0.280 e. The third-order valence-electron chi connectivity index (χ3n) is 9.79. The van der Waals surface area contributed by atoms with E-state index in [-0.39, 0.29) is 48.5 Å². The van der Waals surface area contributed by atoms with Crippen LogP contribution >= 0.6 is 0 Å². The molecule has 4 aliphatic heterocycles. The predicted molar refractivity (Wildman–Crippen MR) is 168 cm³/mol. The van der Waals surface area contributed by atoms with E-state index in [2.05, 4.69) is 15.2 Å². The van der Waals surface area contributed by atoms with Crippen LogP contribution in [-0.4, -0.2) is 111 Å². The minimum absolute atomic E-state index is 0.0331. The number of halogens is 2. The first-order valence-corrected chi connectivity index (χ1v) is 16.1. The number of carbonyl (C=O) groups excluding carboxylic acids is 5. The number of aromatic nitrogens is 1. The van der Waals surface area contributed by atoms with E-state index in [1.54, 1.807) is 11.1 Å². The molecule has 2 aromatic carbocycles. The average Bonchev–Trinajstić information content (AvgIpc) is 3.34. The lowest BCUT2D eigenvalue weighted by molar-refractivity contribution is -0.136. The molecule has 3 fully saturated rings. The Kier molecular flexibility index (Phi) is 8.34. The number of hydrogen-bond acceptors (Lipinski definition) is 8. The summed E-state index contributed by atoms with van der Waals surface area (Å²) in [5.74, 6) is -6.90. The van der Waals surface area contributed by atoms with Gasteiger partial charge in [0.1, 0.15) is 6.04 Å². The number of hydrogen-bond donors (Lipinski definition) is 1. The number of fused-ring (bicyclic) bond motifs is 1. The molecule has 0 spiro atoms. The summed E-state index contributed by atoms with van der Waals surface area (Å²) < 4.78 is 31.8. The number of carbonyl (C=O) groups is 5. The molecule has 0 aliphatic carbocycles. The molecule has 3 atom stereocenters. The average molecular weight is 657 g/mol. The van der Waals surface area contributed by atoms with Gasteiger partial charge in [-0.1, -0.05) is 42.5 Å². The van der Waals surface area contributed by atoms with Crippen molar-refractivity contribution in [3.8, 4) is 0 Å². The molecule has 1 N–H and O–H groups in total.